The van der Waals surface area contributed by atoms with E-state index in [1.165, 1.54) is 0 Å². The Morgan fingerprint density at radius 2 is 2.05 bits per heavy atom. The molecule has 1 aromatic carbocycles. The second kappa shape index (κ2) is 6.36. The Morgan fingerprint density at radius 1 is 1.32 bits per heavy atom. The Kier molecular flexibility index (Phi) is 4.71. The molecule has 0 aliphatic carbocycles. The van der Waals surface area contributed by atoms with E-state index in [4.69, 9.17) is 4.74 Å². The standard InChI is InChI=1S/C16H23N3O3/c1-16(2,3)22-15(21)19-8-7-11-5-6-12(9-13(11)19)18-14(20)10-17-4/h5-6,9,17H,7-8,10H2,1-4H3,(H,18,20). The molecule has 1 aliphatic rings. The number of nitrogens with zero attached hydrogens (tertiary/aromatic N) is 1. The van der Waals surface area contributed by atoms with Crippen molar-refractivity contribution in [2.24, 2.45) is 0 Å². The topological polar surface area (TPSA) is 70.7 Å². The molecule has 0 atom stereocenters. The molecule has 2 rings (SSSR count). The van der Waals surface area contributed by atoms with Crippen LogP contribution in [0.1, 0.15) is 26.3 Å². The highest BCUT2D eigenvalue weighted by Crippen LogP contribution is 2.32. The van der Waals surface area contributed by atoms with E-state index in [0.29, 0.717) is 12.2 Å². The van der Waals surface area contributed by atoms with E-state index in [0.717, 1.165) is 17.7 Å². The second-order valence-corrected chi connectivity index (χ2v) is 6.30. The van der Waals surface area contributed by atoms with Gasteiger partial charge in [0, 0.05) is 12.2 Å². The summed E-state index contributed by atoms with van der Waals surface area (Å²) in [5.74, 6) is -0.121. The first-order chi connectivity index (χ1) is 10.3. The lowest BCUT2D eigenvalue weighted by atomic mass is 10.1. The minimum Gasteiger partial charge on any atom is -0.443 e. The van der Waals surface area contributed by atoms with E-state index in [-0.39, 0.29) is 18.5 Å². The molecule has 6 nitrogen and oxygen atoms in total. The first-order valence-electron chi connectivity index (χ1n) is 7.38. The van der Waals surface area contributed by atoms with Gasteiger partial charge in [0.05, 0.1) is 12.2 Å². The number of likely N-dealkylation sites (N-methyl/N-ethyl adjacent to an activating group) is 1. The Hall–Kier alpha value is -2.08. The fraction of sp³-hybridized carbons (Fsp3) is 0.500. The van der Waals surface area contributed by atoms with Crippen LogP contribution in [0.25, 0.3) is 0 Å². The molecule has 1 heterocycles. The van der Waals surface area contributed by atoms with Gasteiger partial charge in [0.2, 0.25) is 5.91 Å². The number of amides is 2. The van der Waals surface area contributed by atoms with Crippen LogP contribution in [0, 0.1) is 0 Å². The fourth-order valence-electron chi connectivity index (χ4n) is 2.33. The van der Waals surface area contributed by atoms with Gasteiger partial charge in [-0.05, 0) is 51.9 Å². The maximum Gasteiger partial charge on any atom is 0.414 e. The lowest BCUT2D eigenvalue weighted by molar-refractivity contribution is -0.115. The summed E-state index contributed by atoms with van der Waals surface area (Å²) in [7, 11) is 1.71. The number of hydrogen-bond donors (Lipinski definition) is 2. The third kappa shape index (κ3) is 3.98. The van der Waals surface area contributed by atoms with E-state index in [2.05, 4.69) is 10.6 Å². The number of carbonyl (C=O) groups is 2. The average Bonchev–Trinajstić information content (AvgIpc) is 2.80. The Morgan fingerprint density at radius 3 is 2.68 bits per heavy atom. The van der Waals surface area contributed by atoms with Gasteiger partial charge in [0.25, 0.3) is 0 Å². The summed E-state index contributed by atoms with van der Waals surface area (Å²) >= 11 is 0. The summed E-state index contributed by atoms with van der Waals surface area (Å²) in [4.78, 5) is 25.5. The third-order valence-electron chi connectivity index (χ3n) is 3.22. The number of hydrogen-bond acceptors (Lipinski definition) is 4. The molecule has 1 aromatic rings. The lowest BCUT2D eigenvalue weighted by Crippen LogP contribution is -2.35. The summed E-state index contributed by atoms with van der Waals surface area (Å²) in [5, 5.41) is 5.60. The van der Waals surface area contributed by atoms with E-state index in [1.54, 1.807) is 11.9 Å². The van der Waals surface area contributed by atoms with Crippen molar-refractivity contribution in [1.82, 2.24) is 5.32 Å². The van der Waals surface area contributed by atoms with Crippen LogP contribution in [0.2, 0.25) is 0 Å². The lowest BCUT2D eigenvalue weighted by Gasteiger charge is -2.25. The smallest absolute Gasteiger partial charge is 0.414 e. The van der Waals surface area contributed by atoms with E-state index >= 15 is 0 Å². The molecule has 22 heavy (non-hydrogen) atoms. The molecule has 0 fully saturated rings. The number of benzene rings is 1. The molecule has 6 heteroatoms. The molecule has 120 valence electrons. The molecule has 0 aromatic heterocycles. The zero-order valence-electron chi connectivity index (χ0n) is 13.5. The normalized spacial score (nSPS) is 13.7. The van der Waals surface area contributed by atoms with Gasteiger partial charge in [-0.15, -0.1) is 0 Å². The number of fused-ring (bicyclic) bond motifs is 1. The molecule has 0 saturated carbocycles. The van der Waals surface area contributed by atoms with Gasteiger partial charge >= 0.3 is 6.09 Å². The van der Waals surface area contributed by atoms with Gasteiger partial charge in [-0.2, -0.15) is 0 Å². The number of ether oxygens (including phenoxy) is 1. The highest BCUT2D eigenvalue weighted by Gasteiger charge is 2.29. The molecule has 0 bridgehead atoms. The second-order valence-electron chi connectivity index (χ2n) is 6.30. The quantitative estimate of drug-likeness (QED) is 0.897. The predicted molar refractivity (Wildman–Crippen MR) is 86.3 cm³/mol. The maximum absolute atomic E-state index is 12.3. The van der Waals surface area contributed by atoms with E-state index in [9.17, 15) is 9.59 Å². The van der Waals surface area contributed by atoms with Crippen LogP contribution >= 0.6 is 0 Å². The number of rotatable bonds is 3. The Balaban J connectivity index is 2.15. The molecule has 0 unspecified atom stereocenters. The molecule has 0 spiro atoms. The van der Waals surface area contributed by atoms with Gasteiger partial charge in [-0.3, -0.25) is 9.69 Å². The fourth-order valence-corrected chi connectivity index (χ4v) is 2.33. The van der Waals surface area contributed by atoms with Crippen molar-refractivity contribution < 1.29 is 14.3 Å². The van der Waals surface area contributed by atoms with Gasteiger partial charge in [0.1, 0.15) is 5.60 Å². The van der Waals surface area contributed by atoms with Gasteiger partial charge in [0.15, 0.2) is 0 Å². The largest absolute Gasteiger partial charge is 0.443 e. The van der Waals surface area contributed by atoms with Crippen molar-refractivity contribution in [3.05, 3.63) is 23.8 Å². The van der Waals surface area contributed by atoms with Crippen molar-refractivity contribution in [2.45, 2.75) is 32.8 Å². The SMILES string of the molecule is CNCC(=O)Nc1ccc2c(c1)N(C(=O)OC(C)(C)C)CC2. The molecule has 2 amide bonds. The van der Waals surface area contributed by atoms with E-state index < -0.39 is 5.60 Å². The van der Waals surface area contributed by atoms with Crippen LogP contribution in [0.3, 0.4) is 0 Å². The number of anilines is 2. The van der Waals surface area contributed by atoms with Crippen molar-refractivity contribution in [3.8, 4) is 0 Å². The minimum absolute atomic E-state index is 0.121. The Labute approximate surface area is 130 Å². The summed E-state index contributed by atoms with van der Waals surface area (Å²) < 4.78 is 5.43. The van der Waals surface area contributed by atoms with Crippen LogP contribution < -0.4 is 15.5 Å². The highest BCUT2D eigenvalue weighted by molar-refractivity contribution is 5.95. The molecule has 0 radical (unpaired) electrons. The van der Waals surface area contributed by atoms with Crippen molar-refractivity contribution in [3.63, 3.8) is 0 Å². The summed E-state index contributed by atoms with van der Waals surface area (Å²) in [6.07, 6.45) is 0.434. The van der Waals surface area contributed by atoms with E-state index in [1.807, 2.05) is 39.0 Å². The zero-order valence-corrected chi connectivity index (χ0v) is 13.5. The summed E-state index contributed by atoms with van der Waals surface area (Å²) in [5.41, 5.74) is 2.03. The molecule has 2 N–H and O–H groups in total. The van der Waals surface area contributed by atoms with Crippen LogP contribution in [-0.4, -0.2) is 37.7 Å². The van der Waals surface area contributed by atoms with Crippen molar-refractivity contribution in [2.75, 3.05) is 30.4 Å². The van der Waals surface area contributed by atoms with Crippen molar-refractivity contribution >= 4 is 23.4 Å². The predicted octanol–water partition coefficient (Wildman–Crippen LogP) is 2.14. The van der Waals surface area contributed by atoms with Crippen LogP contribution in [0.5, 0.6) is 0 Å². The Bertz CT molecular complexity index is 578. The summed E-state index contributed by atoms with van der Waals surface area (Å²) in [6.45, 7) is 6.37. The minimum atomic E-state index is -0.529. The van der Waals surface area contributed by atoms with Crippen LogP contribution in [-0.2, 0) is 16.0 Å². The third-order valence-corrected chi connectivity index (χ3v) is 3.22. The monoisotopic (exact) mass is 305 g/mol. The average molecular weight is 305 g/mol. The maximum atomic E-state index is 12.3. The van der Waals surface area contributed by atoms with Gasteiger partial charge < -0.3 is 15.4 Å². The number of nitrogens with one attached hydrogen (secondary N) is 2. The molecule has 0 saturated heterocycles. The zero-order chi connectivity index (χ0) is 16.3. The molecular weight excluding hydrogens is 282 g/mol. The first-order valence-corrected chi connectivity index (χ1v) is 7.38. The van der Waals surface area contributed by atoms with Crippen molar-refractivity contribution in [1.29, 1.82) is 0 Å². The first kappa shape index (κ1) is 16.3. The highest BCUT2D eigenvalue weighted by atomic mass is 16.6. The number of carbonyl (C=O) groups excluding carboxylic acids is 2. The van der Waals surface area contributed by atoms with Gasteiger partial charge in [-0.25, -0.2) is 4.79 Å². The molecule has 1 aliphatic heterocycles. The summed E-state index contributed by atoms with van der Waals surface area (Å²) in [6, 6.07) is 5.61. The van der Waals surface area contributed by atoms with Crippen LogP contribution in [0.15, 0.2) is 18.2 Å². The van der Waals surface area contributed by atoms with Gasteiger partial charge in [-0.1, -0.05) is 6.07 Å². The molecular formula is C16H23N3O3. The van der Waals surface area contributed by atoms with Crippen LogP contribution in [0.4, 0.5) is 16.2 Å².